The van der Waals surface area contributed by atoms with Gasteiger partial charge in [0.05, 0.1) is 32.6 Å². The molecule has 1 fully saturated rings. The van der Waals surface area contributed by atoms with Crippen LogP contribution in [0.1, 0.15) is 19.8 Å². The van der Waals surface area contributed by atoms with Gasteiger partial charge in [-0.2, -0.15) is 0 Å². The Morgan fingerprint density at radius 3 is 3.00 bits per heavy atom. The highest BCUT2D eigenvalue weighted by atomic mass is 35.5. The van der Waals surface area contributed by atoms with Crippen molar-refractivity contribution in [2.24, 2.45) is 0 Å². The first-order valence-electron chi connectivity index (χ1n) is 6.80. The SMILES string of the molecule is CCCNC1CCOCC1S(=O)c1cc(Cl)ccc1Cl. The first-order valence-corrected chi connectivity index (χ1v) is 8.77. The quantitative estimate of drug-likeness (QED) is 0.897. The van der Waals surface area contributed by atoms with Gasteiger partial charge < -0.3 is 10.1 Å². The van der Waals surface area contributed by atoms with E-state index < -0.39 is 10.8 Å². The second-order valence-electron chi connectivity index (χ2n) is 4.83. The van der Waals surface area contributed by atoms with Crippen LogP contribution in [0.5, 0.6) is 0 Å². The molecule has 1 aliphatic heterocycles. The Hall–Kier alpha value is -0.130. The second-order valence-corrected chi connectivity index (χ2v) is 7.32. The molecule has 0 bridgehead atoms. The highest BCUT2D eigenvalue weighted by Gasteiger charge is 2.31. The first kappa shape index (κ1) is 16.2. The van der Waals surface area contributed by atoms with Crippen LogP contribution in [0.25, 0.3) is 0 Å². The van der Waals surface area contributed by atoms with Crippen molar-refractivity contribution in [2.75, 3.05) is 19.8 Å². The van der Waals surface area contributed by atoms with Crippen LogP contribution in [-0.2, 0) is 15.5 Å². The Morgan fingerprint density at radius 1 is 1.45 bits per heavy atom. The Balaban J connectivity index is 2.18. The molecule has 112 valence electrons. The molecule has 0 spiro atoms. The van der Waals surface area contributed by atoms with E-state index in [4.69, 9.17) is 27.9 Å². The first-order chi connectivity index (χ1) is 9.63. The molecule has 3 unspecified atom stereocenters. The van der Waals surface area contributed by atoms with Crippen molar-refractivity contribution in [2.45, 2.75) is 36.0 Å². The Morgan fingerprint density at radius 2 is 2.25 bits per heavy atom. The van der Waals surface area contributed by atoms with Gasteiger partial charge >= 0.3 is 0 Å². The number of halogens is 2. The van der Waals surface area contributed by atoms with Gasteiger partial charge in [-0.05, 0) is 37.6 Å². The molecule has 3 atom stereocenters. The molecule has 6 heteroatoms. The highest BCUT2D eigenvalue weighted by molar-refractivity contribution is 7.86. The maximum Gasteiger partial charge on any atom is 0.0782 e. The number of ether oxygens (including phenoxy) is 1. The number of nitrogens with one attached hydrogen (secondary N) is 1. The lowest BCUT2D eigenvalue weighted by Crippen LogP contribution is -2.48. The minimum absolute atomic E-state index is 0.0914. The van der Waals surface area contributed by atoms with E-state index in [1.54, 1.807) is 18.2 Å². The topological polar surface area (TPSA) is 38.3 Å². The van der Waals surface area contributed by atoms with Gasteiger partial charge in [0, 0.05) is 17.7 Å². The number of rotatable bonds is 5. The summed E-state index contributed by atoms with van der Waals surface area (Å²) in [5.74, 6) is 0. The summed E-state index contributed by atoms with van der Waals surface area (Å²) >= 11 is 12.1. The Labute approximate surface area is 132 Å². The van der Waals surface area contributed by atoms with E-state index in [1.165, 1.54) is 0 Å². The van der Waals surface area contributed by atoms with E-state index in [1.807, 2.05) is 0 Å². The molecular formula is C14H19Cl2NO2S. The molecule has 1 saturated heterocycles. The minimum atomic E-state index is -1.23. The van der Waals surface area contributed by atoms with Crippen LogP contribution in [0.3, 0.4) is 0 Å². The number of benzene rings is 1. The van der Waals surface area contributed by atoms with Gasteiger partial charge in [-0.15, -0.1) is 0 Å². The fourth-order valence-electron chi connectivity index (χ4n) is 2.28. The predicted molar refractivity (Wildman–Crippen MR) is 84.2 cm³/mol. The van der Waals surface area contributed by atoms with E-state index in [2.05, 4.69) is 12.2 Å². The van der Waals surface area contributed by atoms with Gasteiger partial charge in [-0.25, -0.2) is 0 Å². The van der Waals surface area contributed by atoms with Crippen molar-refractivity contribution in [3.63, 3.8) is 0 Å². The Bertz CT molecular complexity index is 484. The smallest absolute Gasteiger partial charge is 0.0782 e. The van der Waals surface area contributed by atoms with Crippen molar-refractivity contribution in [1.29, 1.82) is 0 Å². The zero-order chi connectivity index (χ0) is 14.5. The van der Waals surface area contributed by atoms with Crippen molar-refractivity contribution in [3.8, 4) is 0 Å². The lowest BCUT2D eigenvalue weighted by Gasteiger charge is -2.31. The lowest BCUT2D eigenvalue weighted by atomic mass is 10.1. The predicted octanol–water partition coefficient (Wildman–Crippen LogP) is 3.26. The molecule has 3 nitrogen and oxygen atoms in total. The summed E-state index contributed by atoms with van der Waals surface area (Å²) in [6.07, 6.45) is 1.92. The normalized spacial score (nSPS) is 24.6. The summed E-state index contributed by atoms with van der Waals surface area (Å²) in [6, 6.07) is 5.27. The summed E-state index contributed by atoms with van der Waals surface area (Å²) in [4.78, 5) is 0.595. The molecule has 1 aromatic rings. The Kier molecular flexibility index (Phi) is 6.30. The zero-order valence-electron chi connectivity index (χ0n) is 11.4. The molecule has 0 amide bonds. The molecule has 20 heavy (non-hydrogen) atoms. The fraction of sp³-hybridized carbons (Fsp3) is 0.571. The molecule has 0 saturated carbocycles. The monoisotopic (exact) mass is 335 g/mol. The van der Waals surface area contributed by atoms with Crippen LogP contribution in [0, 0.1) is 0 Å². The lowest BCUT2D eigenvalue weighted by molar-refractivity contribution is 0.0820. The van der Waals surface area contributed by atoms with Gasteiger partial charge in [-0.1, -0.05) is 30.1 Å². The molecule has 0 aliphatic carbocycles. The van der Waals surface area contributed by atoms with Gasteiger partial charge in [-0.3, -0.25) is 4.21 Å². The molecule has 1 aliphatic rings. The molecule has 0 aromatic heterocycles. The molecule has 1 heterocycles. The largest absolute Gasteiger partial charge is 0.380 e. The van der Waals surface area contributed by atoms with Gasteiger partial charge in [0.25, 0.3) is 0 Å². The van der Waals surface area contributed by atoms with Crippen molar-refractivity contribution in [1.82, 2.24) is 5.32 Å². The van der Waals surface area contributed by atoms with E-state index in [0.717, 1.165) is 19.4 Å². The summed E-state index contributed by atoms with van der Waals surface area (Å²) in [5.41, 5.74) is 0. The van der Waals surface area contributed by atoms with Crippen LogP contribution in [-0.4, -0.2) is 35.3 Å². The summed E-state index contributed by atoms with van der Waals surface area (Å²) in [5, 5.41) is 4.41. The fourth-order valence-corrected chi connectivity index (χ4v) is 4.44. The van der Waals surface area contributed by atoms with Crippen molar-refractivity contribution in [3.05, 3.63) is 28.2 Å². The van der Waals surface area contributed by atoms with Crippen molar-refractivity contribution < 1.29 is 8.95 Å². The van der Waals surface area contributed by atoms with Crippen LogP contribution < -0.4 is 5.32 Å². The van der Waals surface area contributed by atoms with Crippen LogP contribution >= 0.6 is 23.2 Å². The summed E-state index contributed by atoms with van der Waals surface area (Å²) < 4.78 is 18.3. The molecule has 1 N–H and O–H groups in total. The number of hydrogen-bond acceptors (Lipinski definition) is 3. The van der Waals surface area contributed by atoms with E-state index >= 15 is 0 Å². The van der Waals surface area contributed by atoms with Crippen molar-refractivity contribution >= 4 is 34.0 Å². The average molecular weight is 336 g/mol. The summed E-state index contributed by atoms with van der Waals surface area (Å²) in [7, 11) is -1.23. The van der Waals surface area contributed by atoms with E-state index in [9.17, 15) is 4.21 Å². The third-order valence-corrected chi connectivity index (χ3v) is 5.81. The third kappa shape index (κ3) is 3.95. The molecular weight excluding hydrogens is 317 g/mol. The van der Waals surface area contributed by atoms with Crippen LogP contribution in [0.2, 0.25) is 10.0 Å². The highest BCUT2D eigenvalue weighted by Crippen LogP contribution is 2.28. The van der Waals surface area contributed by atoms with Gasteiger partial charge in [0.2, 0.25) is 0 Å². The van der Waals surface area contributed by atoms with Crippen LogP contribution in [0.4, 0.5) is 0 Å². The minimum Gasteiger partial charge on any atom is -0.380 e. The standard InChI is InChI=1S/C14H19Cl2NO2S/c1-2-6-17-12-5-7-19-9-14(12)20(18)13-8-10(15)3-4-11(13)16/h3-4,8,12,14,17H,2,5-7,9H2,1H3. The maximum absolute atomic E-state index is 12.8. The molecule has 1 aromatic carbocycles. The third-order valence-electron chi connectivity index (χ3n) is 3.35. The summed E-state index contributed by atoms with van der Waals surface area (Å²) in [6.45, 7) is 4.23. The van der Waals surface area contributed by atoms with E-state index in [-0.39, 0.29) is 11.3 Å². The van der Waals surface area contributed by atoms with Crippen LogP contribution in [0.15, 0.2) is 23.1 Å². The molecule has 0 radical (unpaired) electrons. The zero-order valence-corrected chi connectivity index (χ0v) is 13.7. The average Bonchev–Trinajstić information content (AvgIpc) is 2.47. The molecule has 2 rings (SSSR count). The van der Waals surface area contributed by atoms with Gasteiger partial charge in [0.1, 0.15) is 0 Å². The van der Waals surface area contributed by atoms with E-state index in [0.29, 0.717) is 28.2 Å². The maximum atomic E-state index is 12.8. The number of hydrogen-bond donors (Lipinski definition) is 1. The second kappa shape index (κ2) is 7.76. The van der Waals surface area contributed by atoms with Gasteiger partial charge in [0.15, 0.2) is 0 Å².